The molecule has 1 aliphatic heterocycles. The maximum atomic E-state index is 5.38. The summed E-state index contributed by atoms with van der Waals surface area (Å²) in [7, 11) is 0. The van der Waals surface area contributed by atoms with E-state index in [4.69, 9.17) is 9.47 Å². The van der Waals surface area contributed by atoms with Gasteiger partial charge >= 0.3 is 0 Å². The van der Waals surface area contributed by atoms with E-state index >= 15 is 0 Å². The van der Waals surface area contributed by atoms with Gasteiger partial charge in [0.15, 0.2) is 11.5 Å². The van der Waals surface area contributed by atoms with Crippen LogP contribution >= 0.6 is 15.9 Å². The monoisotopic (exact) mass is 335 g/mol. The first-order valence-electron chi connectivity index (χ1n) is 6.29. The van der Waals surface area contributed by atoms with E-state index in [1.807, 2.05) is 25.1 Å². The molecule has 0 unspecified atom stereocenters. The molecule has 3 rings (SSSR count). The SMILES string of the molecule is Cc1nccc(CNCc2cc3c(cc2Br)OCO3)n1. The number of hydrogen-bond donors (Lipinski definition) is 1. The predicted molar refractivity (Wildman–Crippen MR) is 77.6 cm³/mol. The number of aromatic nitrogens is 2. The van der Waals surface area contributed by atoms with Crippen LogP contribution in [-0.4, -0.2) is 16.8 Å². The van der Waals surface area contributed by atoms with Gasteiger partial charge in [0.2, 0.25) is 6.79 Å². The average Bonchev–Trinajstić information content (AvgIpc) is 2.86. The third-order valence-corrected chi connectivity index (χ3v) is 3.74. The molecule has 1 aromatic heterocycles. The summed E-state index contributed by atoms with van der Waals surface area (Å²) in [6.07, 6.45) is 1.77. The first kappa shape index (κ1) is 13.3. The molecule has 20 heavy (non-hydrogen) atoms. The van der Waals surface area contributed by atoms with Crippen molar-refractivity contribution in [3.8, 4) is 11.5 Å². The van der Waals surface area contributed by atoms with Gasteiger partial charge in [-0.3, -0.25) is 0 Å². The topological polar surface area (TPSA) is 56.3 Å². The first-order valence-corrected chi connectivity index (χ1v) is 7.09. The maximum Gasteiger partial charge on any atom is 0.231 e. The minimum atomic E-state index is 0.291. The van der Waals surface area contributed by atoms with Crippen molar-refractivity contribution >= 4 is 15.9 Å². The molecule has 104 valence electrons. The van der Waals surface area contributed by atoms with Gasteiger partial charge in [0, 0.05) is 23.8 Å². The predicted octanol–water partition coefficient (Wildman–Crippen LogP) is 2.57. The minimum Gasteiger partial charge on any atom is -0.454 e. The lowest BCUT2D eigenvalue weighted by Gasteiger charge is -2.08. The molecule has 0 bridgehead atoms. The van der Waals surface area contributed by atoms with Gasteiger partial charge in [0.05, 0.1) is 5.69 Å². The largest absolute Gasteiger partial charge is 0.454 e. The zero-order valence-electron chi connectivity index (χ0n) is 11.0. The molecule has 6 heteroatoms. The van der Waals surface area contributed by atoms with Crippen molar-refractivity contribution in [1.29, 1.82) is 0 Å². The van der Waals surface area contributed by atoms with E-state index in [9.17, 15) is 0 Å². The molecule has 0 fully saturated rings. The van der Waals surface area contributed by atoms with Gasteiger partial charge in [0.25, 0.3) is 0 Å². The van der Waals surface area contributed by atoms with Crippen LogP contribution in [0.25, 0.3) is 0 Å². The number of rotatable bonds is 4. The number of benzene rings is 1. The molecule has 2 aromatic rings. The van der Waals surface area contributed by atoms with E-state index in [1.165, 1.54) is 0 Å². The van der Waals surface area contributed by atoms with Crippen molar-refractivity contribution < 1.29 is 9.47 Å². The zero-order valence-corrected chi connectivity index (χ0v) is 12.6. The third-order valence-electron chi connectivity index (χ3n) is 3.00. The Hall–Kier alpha value is -1.66. The van der Waals surface area contributed by atoms with Crippen molar-refractivity contribution in [2.45, 2.75) is 20.0 Å². The van der Waals surface area contributed by atoms with Crippen molar-refractivity contribution in [3.05, 3.63) is 46.0 Å². The van der Waals surface area contributed by atoms with Gasteiger partial charge in [-0.2, -0.15) is 0 Å². The van der Waals surface area contributed by atoms with E-state index < -0.39 is 0 Å². The number of aryl methyl sites for hydroxylation is 1. The first-order chi connectivity index (χ1) is 9.72. The second kappa shape index (κ2) is 5.76. The van der Waals surface area contributed by atoms with Crippen LogP contribution in [0.4, 0.5) is 0 Å². The Labute approximate surface area is 125 Å². The molecular weight excluding hydrogens is 322 g/mol. The molecule has 0 radical (unpaired) electrons. The lowest BCUT2D eigenvalue weighted by molar-refractivity contribution is 0.174. The second-order valence-corrected chi connectivity index (χ2v) is 5.35. The zero-order chi connectivity index (χ0) is 13.9. The Kier molecular flexibility index (Phi) is 3.84. The summed E-state index contributed by atoms with van der Waals surface area (Å²) < 4.78 is 11.7. The number of ether oxygens (including phenoxy) is 2. The summed E-state index contributed by atoms with van der Waals surface area (Å²) in [4.78, 5) is 8.44. The quantitative estimate of drug-likeness (QED) is 0.930. The van der Waals surface area contributed by atoms with Gasteiger partial charge in [-0.05, 0) is 30.7 Å². The van der Waals surface area contributed by atoms with Crippen LogP contribution in [0.3, 0.4) is 0 Å². The number of nitrogens with zero attached hydrogens (tertiary/aromatic N) is 2. The van der Waals surface area contributed by atoms with Gasteiger partial charge in [-0.15, -0.1) is 0 Å². The summed E-state index contributed by atoms with van der Waals surface area (Å²) in [5.41, 5.74) is 2.11. The second-order valence-electron chi connectivity index (χ2n) is 4.50. The van der Waals surface area contributed by atoms with E-state index in [0.717, 1.165) is 39.6 Å². The Morgan fingerprint density at radius 3 is 2.85 bits per heavy atom. The van der Waals surface area contributed by atoms with E-state index in [2.05, 4.69) is 31.2 Å². The van der Waals surface area contributed by atoms with E-state index in [-0.39, 0.29) is 0 Å². The van der Waals surface area contributed by atoms with E-state index in [0.29, 0.717) is 13.3 Å². The number of hydrogen-bond acceptors (Lipinski definition) is 5. The van der Waals surface area contributed by atoms with Crippen LogP contribution in [0.5, 0.6) is 11.5 Å². The molecule has 2 heterocycles. The molecular formula is C14H14BrN3O2. The van der Waals surface area contributed by atoms with Crippen LogP contribution in [0, 0.1) is 6.92 Å². The summed E-state index contributed by atoms with van der Waals surface area (Å²) >= 11 is 3.55. The number of halogens is 1. The molecule has 0 saturated heterocycles. The lowest BCUT2D eigenvalue weighted by atomic mass is 10.2. The molecule has 1 N–H and O–H groups in total. The van der Waals surface area contributed by atoms with Crippen LogP contribution in [-0.2, 0) is 13.1 Å². The van der Waals surface area contributed by atoms with Crippen LogP contribution in [0.2, 0.25) is 0 Å². The highest BCUT2D eigenvalue weighted by Crippen LogP contribution is 2.36. The Morgan fingerprint density at radius 2 is 2.05 bits per heavy atom. The fraction of sp³-hybridized carbons (Fsp3) is 0.286. The molecule has 1 aliphatic rings. The molecule has 0 atom stereocenters. The van der Waals surface area contributed by atoms with Crippen LogP contribution < -0.4 is 14.8 Å². The molecule has 5 nitrogen and oxygen atoms in total. The highest BCUT2D eigenvalue weighted by Gasteiger charge is 2.15. The molecule has 0 aliphatic carbocycles. The summed E-state index contributed by atoms with van der Waals surface area (Å²) in [6, 6.07) is 5.84. The van der Waals surface area contributed by atoms with E-state index in [1.54, 1.807) is 6.20 Å². The van der Waals surface area contributed by atoms with Gasteiger partial charge in [0.1, 0.15) is 5.82 Å². The van der Waals surface area contributed by atoms with Gasteiger partial charge in [-0.1, -0.05) is 15.9 Å². The highest BCUT2D eigenvalue weighted by molar-refractivity contribution is 9.10. The van der Waals surface area contributed by atoms with Crippen molar-refractivity contribution in [1.82, 2.24) is 15.3 Å². The molecule has 0 amide bonds. The van der Waals surface area contributed by atoms with Crippen molar-refractivity contribution in [2.24, 2.45) is 0 Å². The third kappa shape index (κ3) is 2.91. The van der Waals surface area contributed by atoms with Crippen molar-refractivity contribution in [2.75, 3.05) is 6.79 Å². The standard InChI is InChI=1S/C14H14BrN3O2/c1-9-17-3-2-11(18-9)7-16-6-10-4-13-14(5-12(10)15)20-8-19-13/h2-5,16H,6-8H2,1H3. The summed E-state index contributed by atoms with van der Waals surface area (Å²) in [5, 5.41) is 3.36. The lowest BCUT2D eigenvalue weighted by Crippen LogP contribution is -2.14. The highest BCUT2D eigenvalue weighted by atomic mass is 79.9. The smallest absolute Gasteiger partial charge is 0.231 e. The van der Waals surface area contributed by atoms with Crippen molar-refractivity contribution in [3.63, 3.8) is 0 Å². The number of nitrogens with one attached hydrogen (secondary N) is 1. The molecule has 1 aromatic carbocycles. The van der Waals surface area contributed by atoms with Gasteiger partial charge in [-0.25, -0.2) is 9.97 Å². The maximum absolute atomic E-state index is 5.38. The molecule has 0 spiro atoms. The fourth-order valence-corrected chi connectivity index (χ4v) is 2.49. The summed E-state index contributed by atoms with van der Waals surface area (Å²) in [5.74, 6) is 2.36. The Bertz CT molecular complexity index is 634. The Balaban J connectivity index is 1.64. The molecule has 0 saturated carbocycles. The summed E-state index contributed by atoms with van der Waals surface area (Å²) in [6.45, 7) is 3.60. The fourth-order valence-electron chi connectivity index (χ4n) is 2.02. The minimum absolute atomic E-state index is 0.291. The normalized spacial score (nSPS) is 12.7. The van der Waals surface area contributed by atoms with Gasteiger partial charge < -0.3 is 14.8 Å². The Morgan fingerprint density at radius 1 is 1.25 bits per heavy atom. The van der Waals surface area contributed by atoms with Crippen LogP contribution in [0.1, 0.15) is 17.1 Å². The number of fused-ring (bicyclic) bond motifs is 1. The van der Waals surface area contributed by atoms with Crippen LogP contribution in [0.15, 0.2) is 28.9 Å². The average molecular weight is 336 g/mol.